The number of nitrogens with zero attached hydrogens (tertiary/aromatic N) is 2. The van der Waals surface area contributed by atoms with Crippen LogP contribution in [0.15, 0.2) is 24.3 Å². The number of para-hydroxylation sites is 1. The van der Waals surface area contributed by atoms with Crippen molar-refractivity contribution < 1.29 is 14.7 Å². The van der Waals surface area contributed by atoms with Gasteiger partial charge in [0.2, 0.25) is 0 Å². The molecule has 0 radical (unpaired) electrons. The van der Waals surface area contributed by atoms with E-state index < -0.39 is 11.9 Å². The summed E-state index contributed by atoms with van der Waals surface area (Å²) in [6, 6.07) is 7.93. The number of anilines is 1. The topological polar surface area (TPSA) is 60.9 Å². The molecule has 0 spiro atoms. The molecule has 2 amide bonds. The summed E-state index contributed by atoms with van der Waals surface area (Å²) in [5.74, 6) is -1.23. The minimum Gasteiger partial charge on any atom is -0.481 e. The molecule has 0 aliphatic carbocycles. The van der Waals surface area contributed by atoms with Crippen molar-refractivity contribution in [3.8, 4) is 0 Å². The smallest absolute Gasteiger partial charge is 0.324 e. The number of amides is 2. The number of hydrogen-bond acceptors (Lipinski definition) is 2. The molecule has 1 N–H and O–H groups in total. The number of aryl methyl sites for hydroxylation is 1. The molecular formula is C16H20N2O3. The quantitative estimate of drug-likeness (QED) is 0.863. The third kappa shape index (κ3) is 2.73. The number of carbonyl (C=O) groups excluding carboxylic acids is 1. The predicted molar refractivity (Wildman–Crippen MR) is 79.4 cm³/mol. The van der Waals surface area contributed by atoms with E-state index in [4.69, 9.17) is 5.11 Å². The zero-order valence-corrected chi connectivity index (χ0v) is 12.0. The molecule has 1 aromatic carbocycles. The van der Waals surface area contributed by atoms with Crippen molar-refractivity contribution in [3.05, 3.63) is 29.8 Å². The number of likely N-dealkylation sites (tertiary alicyclic amines) is 1. The van der Waals surface area contributed by atoms with Crippen LogP contribution in [0.1, 0.15) is 24.8 Å². The number of rotatable bonds is 1. The number of urea groups is 1. The van der Waals surface area contributed by atoms with Gasteiger partial charge in [-0.3, -0.25) is 9.69 Å². The maximum absolute atomic E-state index is 12.7. The van der Waals surface area contributed by atoms with E-state index in [2.05, 4.69) is 6.07 Å². The van der Waals surface area contributed by atoms with Crippen LogP contribution < -0.4 is 4.90 Å². The molecule has 5 heteroatoms. The molecule has 1 atom stereocenters. The number of carboxylic acid groups (broad SMARTS) is 1. The lowest BCUT2D eigenvalue weighted by molar-refractivity contribution is -0.143. The van der Waals surface area contributed by atoms with E-state index in [1.807, 2.05) is 23.1 Å². The SMILES string of the molecule is O=C(O)C1CCCN(C(=O)N2CCCc3ccccc32)C1. The standard InChI is InChI=1S/C16H20N2O3/c19-15(20)13-7-3-9-17(11-13)16(21)18-10-4-6-12-5-1-2-8-14(12)18/h1-2,5,8,13H,3-4,6-7,9-11H2,(H,19,20). The van der Waals surface area contributed by atoms with Crippen molar-refractivity contribution in [3.63, 3.8) is 0 Å². The minimum absolute atomic E-state index is 0.0481. The summed E-state index contributed by atoms with van der Waals surface area (Å²) in [6.45, 7) is 1.69. The number of benzene rings is 1. The highest BCUT2D eigenvalue weighted by molar-refractivity contribution is 5.93. The van der Waals surface area contributed by atoms with E-state index >= 15 is 0 Å². The van der Waals surface area contributed by atoms with Crippen molar-refractivity contribution in [1.29, 1.82) is 0 Å². The van der Waals surface area contributed by atoms with Gasteiger partial charge in [0, 0.05) is 25.3 Å². The van der Waals surface area contributed by atoms with Gasteiger partial charge >= 0.3 is 12.0 Å². The van der Waals surface area contributed by atoms with Gasteiger partial charge in [-0.15, -0.1) is 0 Å². The summed E-state index contributed by atoms with van der Waals surface area (Å²) in [5.41, 5.74) is 2.18. The summed E-state index contributed by atoms with van der Waals surface area (Å²) in [5, 5.41) is 9.15. The monoisotopic (exact) mass is 288 g/mol. The molecule has 2 heterocycles. The van der Waals surface area contributed by atoms with E-state index in [-0.39, 0.29) is 6.03 Å². The Kier molecular flexibility index (Phi) is 3.82. The zero-order valence-electron chi connectivity index (χ0n) is 12.0. The van der Waals surface area contributed by atoms with Crippen LogP contribution in [0.2, 0.25) is 0 Å². The van der Waals surface area contributed by atoms with Gasteiger partial charge in [-0.25, -0.2) is 4.79 Å². The third-order valence-corrected chi connectivity index (χ3v) is 4.38. The van der Waals surface area contributed by atoms with E-state index in [1.165, 1.54) is 5.56 Å². The number of aliphatic carboxylic acids is 1. The molecule has 5 nitrogen and oxygen atoms in total. The van der Waals surface area contributed by atoms with Crippen LogP contribution in [-0.4, -0.2) is 41.6 Å². The number of fused-ring (bicyclic) bond motifs is 1. The highest BCUT2D eigenvalue weighted by Crippen LogP contribution is 2.28. The maximum atomic E-state index is 12.7. The normalized spacial score (nSPS) is 21.8. The second kappa shape index (κ2) is 5.76. The first-order chi connectivity index (χ1) is 10.2. The Hall–Kier alpha value is -2.04. The third-order valence-electron chi connectivity index (χ3n) is 4.38. The van der Waals surface area contributed by atoms with Crippen LogP contribution in [-0.2, 0) is 11.2 Å². The number of hydrogen-bond donors (Lipinski definition) is 1. The van der Waals surface area contributed by atoms with Crippen LogP contribution in [0, 0.1) is 5.92 Å². The maximum Gasteiger partial charge on any atom is 0.324 e. The second-order valence-corrected chi connectivity index (χ2v) is 5.79. The van der Waals surface area contributed by atoms with Crippen LogP contribution in [0.5, 0.6) is 0 Å². The summed E-state index contributed by atoms with van der Waals surface area (Å²) in [7, 11) is 0. The van der Waals surface area contributed by atoms with Crippen LogP contribution in [0.3, 0.4) is 0 Å². The van der Waals surface area contributed by atoms with Gasteiger partial charge in [-0.1, -0.05) is 18.2 Å². The highest BCUT2D eigenvalue weighted by atomic mass is 16.4. The molecule has 0 saturated carbocycles. The molecule has 3 rings (SSSR count). The number of piperidine rings is 1. The first kappa shape index (κ1) is 13.9. The molecule has 0 aromatic heterocycles. The molecule has 1 fully saturated rings. The molecule has 1 unspecified atom stereocenters. The fourth-order valence-electron chi connectivity index (χ4n) is 3.26. The Labute approximate surface area is 124 Å². The van der Waals surface area contributed by atoms with Crippen LogP contribution in [0.25, 0.3) is 0 Å². The number of carbonyl (C=O) groups is 2. The van der Waals surface area contributed by atoms with Gasteiger partial charge in [-0.05, 0) is 37.3 Å². The fraction of sp³-hybridized carbons (Fsp3) is 0.500. The van der Waals surface area contributed by atoms with Gasteiger partial charge in [0.15, 0.2) is 0 Å². The highest BCUT2D eigenvalue weighted by Gasteiger charge is 2.32. The second-order valence-electron chi connectivity index (χ2n) is 5.79. The van der Waals surface area contributed by atoms with E-state index in [0.29, 0.717) is 26.1 Å². The molecule has 2 aliphatic heterocycles. The summed E-state index contributed by atoms with van der Waals surface area (Å²) in [6.07, 6.45) is 3.38. The lowest BCUT2D eigenvalue weighted by Crippen LogP contribution is -2.50. The van der Waals surface area contributed by atoms with E-state index in [9.17, 15) is 9.59 Å². The van der Waals surface area contributed by atoms with Gasteiger partial charge in [0.1, 0.15) is 0 Å². The Morgan fingerprint density at radius 3 is 2.76 bits per heavy atom. The summed E-state index contributed by atoms with van der Waals surface area (Å²) < 4.78 is 0. The molecular weight excluding hydrogens is 268 g/mol. The van der Waals surface area contributed by atoms with Crippen LogP contribution >= 0.6 is 0 Å². The van der Waals surface area contributed by atoms with Crippen molar-refractivity contribution in [2.24, 2.45) is 5.92 Å². The molecule has 2 aliphatic rings. The van der Waals surface area contributed by atoms with Gasteiger partial charge < -0.3 is 10.0 Å². The summed E-state index contributed by atoms with van der Waals surface area (Å²) in [4.78, 5) is 27.4. The van der Waals surface area contributed by atoms with E-state index in [0.717, 1.165) is 24.9 Å². The Morgan fingerprint density at radius 2 is 1.95 bits per heavy atom. The molecule has 1 aromatic rings. The van der Waals surface area contributed by atoms with Crippen molar-refractivity contribution >= 4 is 17.7 Å². The van der Waals surface area contributed by atoms with Crippen molar-refractivity contribution in [1.82, 2.24) is 4.90 Å². The largest absolute Gasteiger partial charge is 0.481 e. The fourth-order valence-corrected chi connectivity index (χ4v) is 3.26. The van der Waals surface area contributed by atoms with Crippen molar-refractivity contribution in [2.75, 3.05) is 24.5 Å². The van der Waals surface area contributed by atoms with Gasteiger partial charge in [0.25, 0.3) is 0 Å². The Bertz CT molecular complexity index is 558. The zero-order chi connectivity index (χ0) is 14.8. The first-order valence-electron chi connectivity index (χ1n) is 7.54. The van der Waals surface area contributed by atoms with Crippen LogP contribution in [0.4, 0.5) is 10.5 Å². The van der Waals surface area contributed by atoms with Gasteiger partial charge in [0.05, 0.1) is 5.92 Å². The number of carboxylic acids is 1. The molecule has 21 heavy (non-hydrogen) atoms. The Balaban J connectivity index is 1.78. The molecule has 112 valence electrons. The minimum atomic E-state index is -0.799. The van der Waals surface area contributed by atoms with E-state index in [1.54, 1.807) is 4.90 Å². The van der Waals surface area contributed by atoms with Gasteiger partial charge in [-0.2, -0.15) is 0 Å². The lowest BCUT2D eigenvalue weighted by atomic mass is 9.98. The average molecular weight is 288 g/mol. The predicted octanol–water partition coefficient (Wildman–Crippen LogP) is 2.36. The first-order valence-corrected chi connectivity index (χ1v) is 7.54. The molecule has 1 saturated heterocycles. The molecule has 0 bridgehead atoms. The Morgan fingerprint density at radius 1 is 1.14 bits per heavy atom. The average Bonchev–Trinajstić information content (AvgIpc) is 2.53. The lowest BCUT2D eigenvalue weighted by Gasteiger charge is -2.37. The summed E-state index contributed by atoms with van der Waals surface area (Å²) >= 11 is 0. The van der Waals surface area contributed by atoms with Crippen molar-refractivity contribution in [2.45, 2.75) is 25.7 Å².